The molecule has 2 aromatic rings. The second-order valence-corrected chi connectivity index (χ2v) is 3.08. The monoisotopic (exact) mass is 197 g/mol. The van der Waals surface area contributed by atoms with Crippen LogP contribution in [0.4, 0.5) is 0 Å². The number of hydrogen-bond donors (Lipinski definition) is 1. The lowest BCUT2D eigenvalue weighted by Gasteiger charge is -1.93. The molecule has 72 valence electrons. The van der Waals surface area contributed by atoms with Crippen LogP contribution in [0.3, 0.4) is 0 Å². The second kappa shape index (κ2) is 3.74. The first-order valence-electron chi connectivity index (χ1n) is 4.36. The van der Waals surface area contributed by atoms with Crippen molar-refractivity contribution in [3.05, 3.63) is 46.0 Å². The SMILES string of the molecule is N#Cc1ccc2c(CN=[N+]=[N-])c[nH]c2c1. The van der Waals surface area contributed by atoms with E-state index >= 15 is 0 Å². The summed E-state index contributed by atoms with van der Waals surface area (Å²) in [4.78, 5) is 5.75. The van der Waals surface area contributed by atoms with Gasteiger partial charge in [0.2, 0.25) is 0 Å². The first-order valence-corrected chi connectivity index (χ1v) is 4.36. The lowest BCUT2D eigenvalue weighted by molar-refractivity contribution is 1.06. The Balaban J connectivity index is 2.52. The van der Waals surface area contributed by atoms with Gasteiger partial charge in [-0.15, -0.1) is 0 Å². The van der Waals surface area contributed by atoms with E-state index in [1.165, 1.54) is 0 Å². The van der Waals surface area contributed by atoms with Crippen LogP contribution in [0, 0.1) is 11.3 Å². The molecule has 0 spiro atoms. The molecule has 0 aliphatic carbocycles. The molecule has 5 nitrogen and oxygen atoms in total. The van der Waals surface area contributed by atoms with E-state index in [0.717, 1.165) is 16.5 Å². The highest BCUT2D eigenvalue weighted by Gasteiger charge is 2.02. The van der Waals surface area contributed by atoms with E-state index in [1.807, 2.05) is 6.07 Å². The minimum Gasteiger partial charge on any atom is -0.361 e. The Morgan fingerprint density at radius 2 is 2.40 bits per heavy atom. The van der Waals surface area contributed by atoms with Gasteiger partial charge >= 0.3 is 0 Å². The van der Waals surface area contributed by atoms with Gasteiger partial charge in [-0.3, -0.25) is 0 Å². The van der Waals surface area contributed by atoms with Gasteiger partial charge < -0.3 is 4.98 Å². The molecule has 0 aliphatic heterocycles. The molecule has 0 fully saturated rings. The highest BCUT2D eigenvalue weighted by Crippen LogP contribution is 2.20. The average molecular weight is 197 g/mol. The van der Waals surface area contributed by atoms with Crippen molar-refractivity contribution in [2.45, 2.75) is 6.54 Å². The summed E-state index contributed by atoms with van der Waals surface area (Å²) in [6.45, 7) is 0.322. The predicted octanol–water partition coefficient (Wildman–Crippen LogP) is 2.85. The molecule has 0 radical (unpaired) electrons. The number of aromatic amines is 1. The van der Waals surface area contributed by atoms with Crippen molar-refractivity contribution in [2.24, 2.45) is 5.11 Å². The summed E-state index contributed by atoms with van der Waals surface area (Å²) in [5.41, 5.74) is 10.7. The summed E-state index contributed by atoms with van der Waals surface area (Å²) < 4.78 is 0. The molecule has 1 heterocycles. The van der Waals surface area contributed by atoms with Crippen LogP contribution in [0.2, 0.25) is 0 Å². The number of rotatable bonds is 2. The van der Waals surface area contributed by atoms with Crippen molar-refractivity contribution >= 4 is 10.9 Å². The topological polar surface area (TPSA) is 88.3 Å². The highest BCUT2D eigenvalue weighted by atomic mass is 15.1. The predicted molar refractivity (Wildman–Crippen MR) is 55.9 cm³/mol. The Labute approximate surface area is 85.6 Å². The molecule has 0 amide bonds. The number of fused-ring (bicyclic) bond motifs is 1. The number of aromatic nitrogens is 1. The van der Waals surface area contributed by atoms with Crippen LogP contribution in [-0.4, -0.2) is 4.98 Å². The van der Waals surface area contributed by atoms with Crippen molar-refractivity contribution in [3.63, 3.8) is 0 Å². The van der Waals surface area contributed by atoms with E-state index < -0.39 is 0 Å². The van der Waals surface area contributed by atoms with Crippen molar-refractivity contribution in [3.8, 4) is 6.07 Å². The second-order valence-electron chi connectivity index (χ2n) is 3.08. The highest BCUT2D eigenvalue weighted by molar-refractivity contribution is 5.84. The number of hydrogen-bond acceptors (Lipinski definition) is 2. The van der Waals surface area contributed by atoms with Crippen molar-refractivity contribution in [2.75, 3.05) is 0 Å². The van der Waals surface area contributed by atoms with Crippen molar-refractivity contribution < 1.29 is 0 Å². The number of nitriles is 1. The zero-order valence-corrected chi connectivity index (χ0v) is 7.81. The molecule has 1 aromatic heterocycles. The lowest BCUT2D eigenvalue weighted by atomic mass is 10.1. The fourth-order valence-electron chi connectivity index (χ4n) is 1.49. The summed E-state index contributed by atoms with van der Waals surface area (Å²) in [5.74, 6) is 0. The lowest BCUT2D eigenvalue weighted by Crippen LogP contribution is -1.77. The van der Waals surface area contributed by atoms with E-state index in [0.29, 0.717) is 12.1 Å². The molecule has 0 atom stereocenters. The van der Waals surface area contributed by atoms with Gasteiger partial charge in [0, 0.05) is 22.0 Å². The van der Waals surface area contributed by atoms with Crippen LogP contribution in [0.5, 0.6) is 0 Å². The minimum atomic E-state index is 0.322. The molecular weight excluding hydrogens is 190 g/mol. The van der Waals surface area contributed by atoms with Gasteiger partial charge in [-0.2, -0.15) is 5.26 Å². The standard InChI is InChI=1S/C10H7N5/c11-4-7-1-2-9-8(6-14-15-12)5-13-10(9)3-7/h1-3,5,13H,6H2. The zero-order chi connectivity index (χ0) is 10.7. The van der Waals surface area contributed by atoms with Crippen molar-refractivity contribution in [1.29, 1.82) is 5.26 Å². The first-order chi connectivity index (χ1) is 7.35. The van der Waals surface area contributed by atoms with Crippen LogP contribution < -0.4 is 0 Å². The Bertz CT molecular complexity index is 583. The fraction of sp³-hybridized carbons (Fsp3) is 0.100. The molecule has 2 rings (SSSR count). The third-order valence-corrected chi connectivity index (χ3v) is 2.20. The molecule has 0 bridgehead atoms. The molecule has 0 unspecified atom stereocenters. The molecular formula is C10H7N5. The number of H-pyrrole nitrogens is 1. The summed E-state index contributed by atoms with van der Waals surface area (Å²) in [6, 6.07) is 7.44. The molecule has 1 N–H and O–H groups in total. The van der Waals surface area contributed by atoms with E-state index in [2.05, 4.69) is 21.1 Å². The van der Waals surface area contributed by atoms with E-state index in [1.54, 1.807) is 18.3 Å². The minimum absolute atomic E-state index is 0.322. The summed E-state index contributed by atoms with van der Waals surface area (Å²) in [7, 11) is 0. The third-order valence-electron chi connectivity index (χ3n) is 2.20. The van der Waals surface area contributed by atoms with Gasteiger partial charge in [0.15, 0.2) is 0 Å². The van der Waals surface area contributed by atoms with Crippen LogP contribution in [0.25, 0.3) is 21.3 Å². The van der Waals surface area contributed by atoms with Crippen LogP contribution in [0.1, 0.15) is 11.1 Å². The normalized spacial score (nSPS) is 9.53. The van der Waals surface area contributed by atoms with Crippen LogP contribution >= 0.6 is 0 Å². The van der Waals surface area contributed by atoms with Crippen LogP contribution in [0.15, 0.2) is 29.5 Å². The first kappa shape index (κ1) is 9.13. The maximum absolute atomic E-state index is 8.71. The van der Waals surface area contributed by atoms with Gasteiger partial charge in [0.05, 0.1) is 18.2 Å². The van der Waals surface area contributed by atoms with Gasteiger partial charge in [-0.25, -0.2) is 0 Å². The van der Waals surface area contributed by atoms with Gasteiger partial charge in [0.25, 0.3) is 0 Å². The molecule has 15 heavy (non-hydrogen) atoms. The maximum Gasteiger partial charge on any atom is 0.0992 e. The summed E-state index contributed by atoms with van der Waals surface area (Å²) >= 11 is 0. The van der Waals surface area contributed by atoms with Crippen LogP contribution in [-0.2, 0) is 6.54 Å². The number of azide groups is 1. The molecule has 0 saturated carbocycles. The zero-order valence-electron chi connectivity index (χ0n) is 7.81. The number of nitrogens with one attached hydrogen (secondary N) is 1. The Morgan fingerprint density at radius 1 is 1.53 bits per heavy atom. The van der Waals surface area contributed by atoms with Crippen molar-refractivity contribution in [1.82, 2.24) is 4.98 Å². The quantitative estimate of drug-likeness (QED) is 0.447. The van der Waals surface area contributed by atoms with E-state index in [-0.39, 0.29) is 0 Å². The molecule has 0 aliphatic rings. The number of nitrogens with zero attached hydrogens (tertiary/aromatic N) is 4. The molecule has 1 aromatic carbocycles. The largest absolute Gasteiger partial charge is 0.361 e. The van der Waals surface area contributed by atoms with Gasteiger partial charge in [-0.05, 0) is 23.2 Å². The average Bonchev–Trinajstić information content (AvgIpc) is 2.68. The van der Waals surface area contributed by atoms with Gasteiger partial charge in [-0.1, -0.05) is 11.2 Å². The molecule has 0 saturated heterocycles. The Hall–Kier alpha value is -2.44. The fourth-order valence-corrected chi connectivity index (χ4v) is 1.49. The maximum atomic E-state index is 8.71. The summed E-state index contributed by atoms with van der Waals surface area (Å²) in [6.07, 6.45) is 1.79. The Morgan fingerprint density at radius 3 is 3.13 bits per heavy atom. The smallest absolute Gasteiger partial charge is 0.0992 e. The Kier molecular flexibility index (Phi) is 2.28. The van der Waals surface area contributed by atoms with E-state index in [9.17, 15) is 0 Å². The third kappa shape index (κ3) is 1.62. The number of benzene rings is 1. The summed E-state index contributed by atoms with van der Waals surface area (Å²) in [5, 5.41) is 13.2. The van der Waals surface area contributed by atoms with E-state index in [4.69, 9.17) is 10.8 Å². The molecule has 5 heteroatoms. The van der Waals surface area contributed by atoms with Gasteiger partial charge in [0.1, 0.15) is 0 Å².